The van der Waals surface area contributed by atoms with E-state index in [1.807, 2.05) is 0 Å². The Balaban J connectivity index is 0.00000361. The van der Waals surface area contributed by atoms with E-state index >= 15 is 0 Å². The first-order chi connectivity index (χ1) is 8.89. The van der Waals surface area contributed by atoms with Crippen LogP contribution in [0.15, 0.2) is 29.2 Å². The number of benzene rings is 1. The molecule has 8 heteroatoms. The normalized spacial score (nSPS) is 12.3. The lowest BCUT2D eigenvalue weighted by Crippen LogP contribution is -2.37. The molecule has 0 aliphatic heterocycles. The highest BCUT2D eigenvalue weighted by Gasteiger charge is 2.16. The summed E-state index contributed by atoms with van der Waals surface area (Å²) < 4.78 is 26.3. The minimum Gasteiger partial charge on any atom is -0.329 e. The van der Waals surface area contributed by atoms with Crippen molar-refractivity contribution in [1.82, 2.24) is 4.72 Å². The van der Waals surface area contributed by atoms with Gasteiger partial charge in [0.25, 0.3) is 0 Å². The molecular weight excluding hydrogens is 302 g/mol. The Labute approximate surface area is 125 Å². The molecule has 20 heavy (non-hydrogen) atoms. The van der Waals surface area contributed by atoms with Crippen LogP contribution in [-0.2, 0) is 14.8 Å². The van der Waals surface area contributed by atoms with Gasteiger partial charge in [-0.3, -0.25) is 4.79 Å². The Morgan fingerprint density at radius 3 is 2.30 bits per heavy atom. The molecule has 6 nitrogen and oxygen atoms in total. The standard InChI is InChI=1S/C12H19N3O3S.ClH/c1-3-12(16)14-10-4-6-11(7-5-10)19(17,18)15-9(2)8-13;/h4-7,9,15H,3,8,13H2,1-2H3,(H,14,16);1H/t9-;/m0./s1. The van der Waals surface area contributed by atoms with Gasteiger partial charge in [-0.2, -0.15) is 0 Å². The zero-order chi connectivity index (χ0) is 14.5. The first kappa shape index (κ1) is 18.9. The van der Waals surface area contributed by atoms with E-state index in [2.05, 4.69) is 10.0 Å². The van der Waals surface area contributed by atoms with Crippen LogP contribution in [0.2, 0.25) is 0 Å². The van der Waals surface area contributed by atoms with Crippen LogP contribution < -0.4 is 15.8 Å². The molecule has 0 heterocycles. The number of nitrogens with one attached hydrogen (secondary N) is 2. The van der Waals surface area contributed by atoms with Crippen molar-refractivity contribution in [2.75, 3.05) is 11.9 Å². The maximum absolute atomic E-state index is 11.9. The van der Waals surface area contributed by atoms with E-state index in [0.29, 0.717) is 12.1 Å². The quantitative estimate of drug-likeness (QED) is 0.729. The lowest BCUT2D eigenvalue weighted by atomic mass is 10.3. The molecule has 4 N–H and O–H groups in total. The van der Waals surface area contributed by atoms with Crippen LogP contribution >= 0.6 is 12.4 Å². The third-order valence-electron chi connectivity index (χ3n) is 2.48. The van der Waals surface area contributed by atoms with Crippen molar-refractivity contribution < 1.29 is 13.2 Å². The molecule has 0 aliphatic carbocycles. The number of anilines is 1. The fourth-order valence-electron chi connectivity index (χ4n) is 1.35. The second-order valence-electron chi connectivity index (χ2n) is 4.18. The van der Waals surface area contributed by atoms with E-state index in [1.54, 1.807) is 26.0 Å². The second kappa shape index (κ2) is 8.21. The van der Waals surface area contributed by atoms with Crippen molar-refractivity contribution >= 4 is 34.0 Å². The summed E-state index contributed by atoms with van der Waals surface area (Å²) in [6.07, 6.45) is 0.371. The molecule has 0 saturated carbocycles. The number of carbonyl (C=O) groups excluding carboxylic acids is 1. The minimum absolute atomic E-state index is 0. The van der Waals surface area contributed by atoms with Crippen molar-refractivity contribution in [3.63, 3.8) is 0 Å². The van der Waals surface area contributed by atoms with Gasteiger partial charge < -0.3 is 11.1 Å². The topological polar surface area (TPSA) is 101 Å². The molecule has 1 amide bonds. The summed E-state index contributed by atoms with van der Waals surface area (Å²) in [5, 5.41) is 2.65. The average Bonchev–Trinajstić information content (AvgIpc) is 2.38. The zero-order valence-electron chi connectivity index (χ0n) is 11.4. The largest absolute Gasteiger partial charge is 0.329 e. The lowest BCUT2D eigenvalue weighted by molar-refractivity contribution is -0.115. The maximum atomic E-state index is 11.9. The Hall–Kier alpha value is -1.15. The predicted molar refractivity (Wildman–Crippen MR) is 81.4 cm³/mol. The van der Waals surface area contributed by atoms with Crippen molar-refractivity contribution in [1.29, 1.82) is 0 Å². The van der Waals surface area contributed by atoms with Gasteiger partial charge in [0.15, 0.2) is 0 Å². The van der Waals surface area contributed by atoms with Gasteiger partial charge >= 0.3 is 0 Å². The van der Waals surface area contributed by atoms with Crippen LogP contribution in [0.3, 0.4) is 0 Å². The molecule has 1 aromatic carbocycles. The summed E-state index contributed by atoms with van der Waals surface area (Å²) in [5.74, 6) is -0.120. The van der Waals surface area contributed by atoms with Gasteiger partial charge in [-0.1, -0.05) is 6.92 Å². The molecule has 0 bridgehead atoms. The van der Waals surface area contributed by atoms with Crippen LogP contribution in [0.1, 0.15) is 20.3 Å². The highest BCUT2D eigenvalue weighted by molar-refractivity contribution is 7.89. The number of nitrogens with two attached hydrogens (primary N) is 1. The molecule has 0 radical (unpaired) electrons. The highest BCUT2D eigenvalue weighted by Crippen LogP contribution is 2.14. The van der Waals surface area contributed by atoms with Gasteiger partial charge in [0.05, 0.1) is 4.90 Å². The molecule has 0 unspecified atom stereocenters. The zero-order valence-corrected chi connectivity index (χ0v) is 13.1. The smallest absolute Gasteiger partial charge is 0.240 e. The SMILES string of the molecule is CCC(=O)Nc1ccc(S(=O)(=O)N[C@@H](C)CN)cc1.Cl. The first-order valence-corrected chi connectivity index (χ1v) is 7.49. The third kappa shape index (κ3) is 5.46. The van der Waals surface area contributed by atoms with E-state index in [4.69, 9.17) is 5.73 Å². The number of sulfonamides is 1. The third-order valence-corrected chi connectivity index (χ3v) is 4.08. The van der Waals surface area contributed by atoms with Gasteiger partial charge in [-0.15, -0.1) is 12.4 Å². The van der Waals surface area contributed by atoms with E-state index < -0.39 is 10.0 Å². The minimum atomic E-state index is -3.57. The lowest BCUT2D eigenvalue weighted by Gasteiger charge is -2.12. The van der Waals surface area contributed by atoms with Crippen molar-refractivity contribution in [2.24, 2.45) is 5.73 Å². The first-order valence-electron chi connectivity index (χ1n) is 6.01. The van der Waals surface area contributed by atoms with Gasteiger partial charge in [-0.25, -0.2) is 13.1 Å². The summed E-state index contributed by atoms with van der Waals surface area (Å²) in [6, 6.07) is 5.66. The highest BCUT2D eigenvalue weighted by atomic mass is 35.5. The summed E-state index contributed by atoms with van der Waals surface area (Å²) in [7, 11) is -3.57. The van der Waals surface area contributed by atoms with Crippen LogP contribution in [0.4, 0.5) is 5.69 Å². The Morgan fingerprint density at radius 1 is 1.30 bits per heavy atom. The maximum Gasteiger partial charge on any atom is 0.240 e. The molecule has 0 spiro atoms. The van der Waals surface area contributed by atoms with Gasteiger partial charge in [-0.05, 0) is 31.2 Å². The summed E-state index contributed by atoms with van der Waals surface area (Å²) in [6.45, 7) is 3.66. The average molecular weight is 322 g/mol. The van der Waals surface area contributed by atoms with Gasteiger partial charge in [0.1, 0.15) is 0 Å². The molecule has 114 valence electrons. The molecule has 0 aromatic heterocycles. The predicted octanol–water partition coefficient (Wildman–Crippen LogP) is 1.08. The number of hydrogen-bond donors (Lipinski definition) is 3. The van der Waals surface area contributed by atoms with E-state index in [1.165, 1.54) is 12.1 Å². The van der Waals surface area contributed by atoms with Crippen LogP contribution in [0, 0.1) is 0 Å². The molecular formula is C12H20ClN3O3S. The number of rotatable bonds is 6. The summed E-state index contributed by atoms with van der Waals surface area (Å²) in [5.41, 5.74) is 5.94. The number of amides is 1. The Kier molecular flexibility index (Phi) is 7.74. The number of carbonyl (C=O) groups is 1. The van der Waals surface area contributed by atoms with Crippen LogP contribution in [0.25, 0.3) is 0 Å². The summed E-state index contributed by atoms with van der Waals surface area (Å²) >= 11 is 0. The fourth-order valence-corrected chi connectivity index (χ4v) is 2.60. The second-order valence-corrected chi connectivity index (χ2v) is 5.90. The monoisotopic (exact) mass is 321 g/mol. The molecule has 1 aromatic rings. The Morgan fingerprint density at radius 2 is 1.85 bits per heavy atom. The van der Waals surface area contributed by atoms with E-state index in [0.717, 1.165) is 0 Å². The van der Waals surface area contributed by atoms with Crippen LogP contribution in [0.5, 0.6) is 0 Å². The van der Waals surface area contributed by atoms with E-state index in [9.17, 15) is 13.2 Å². The molecule has 0 aliphatic rings. The van der Waals surface area contributed by atoms with Crippen molar-refractivity contribution in [2.45, 2.75) is 31.2 Å². The van der Waals surface area contributed by atoms with Gasteiger partial charge in [0.2, 0.25) is 15.9 Å². The number of halogens is 1. The fraction of sp³-hybridized carbons (Fsp3) is 0.417. The van der Waals surface area contributed by atoms with Crippen molar-refractivity contribution in [3.8, 4) is 0 Å². The van der Waals surface area contributed by atoms with Crippen molar-refractivity contribution in [3.05, 3.63) is 24.3 Å². The van der Waals surface area contributed by atoms with Crippen LogP contribution in [-0.4, -0.2) is 26.9 Å². The molecule has 0 fully saturated rings. The Bertz CT molecular complexity index is 531. The molecule has 1 rings (SSSR count). The summed E-state index contributed by atoms with van der Waals surface area (Å²) in [4.78, 5) is 11.3. The van der Waals surface area contributed by atoms with Gasteiger partial charge in [0, 0.05) is 24.7 Å². The molecule has 0 saturated heterocycles. The molecule has 1 atom stereocenters. The van der Waals surface area contributed by atoms with E-state index in [-0.39, 0.29) is 35.8 Å². The number of hydrogen-bond acceptors (Lipinski definition) is 4.